The maximum absolute atomic E-state index is 11.8. The highest BCUT2D eigenvalue weighted by molar-refractivity contribution is 5.96. The number of hydrogen-bond donors (Lipinski definition) is 1. The zero-order chi connectivity index (χ0) is 25.6. The van der Waals surface area contributed by atoms with Crippen LogP contribution in [0.4, 0.5) is 0 Å². The van der Waals surface area contributed by atoms with E-state index in [1.807, 2.05) is 0 Å². The molecule has 5 atom stereocenters. The zero-order valence-corrected chi connectivity index (χ0v) is 19.3. The Morgan fingerprint density at radius 2 is 1.38 bits per heavy atom. The van der Waals surface area contributed by atoms with Crippen molar-refractivity contribution >= 4 is 29.7 Å². The minimum Gasteiger partial charge on any atom is -0.507 e. The van der Waals surface area contributed by atoms with Gasteiger partial charge in [-0.15, -0.1) is 0 Å². The minimum atomic E-state index is -1.46. The molecular formula is C22H26O12. The van der Waals surface area contributed by atoms with E-state index >= 15 is 0 Å². The number of phenols is 1. The fourth-order valence-electron chi connectivity index (χ4n) is 3.30. The molecule has 186 valence electrons. The maximum Gasteiger partial charge on any atom is 0.303 e. The molecule has 0 aliphatic carbocycles. The molecule has 1 saturated heterocycles. The largest absolute Gasteiger partial charge is 0.507 e. The van der Waals surface area contributed by atoms with Crippen molar-refractivity contribution in [2.24, 2.45) is 0 Å². The van der Waals surface area contributed by atoms with Gasteiger partial charge in [0.25, 0.3) is 0 Å². The number of phenolic OH excluding ortho intramolecular Hbond substituents is 1. The van der Waals surface area contributed by atoms with Crippen LogP contribution in [0.2, 0.25) is 0 Å². The fourth-order valence-corrected chi connectivity index (χ4v) is 3.30. The number of carbonyl (C=O) groups excluding carboxylic acids is 5. The molecule has 34 heavy (non-hydrogen) atoms. The van der Waals surface area contributed by atoms with E-state index in [1.54, 1.807) is 0 Å². The Kier molecular flexibility index (Phi) is 8.96. The van der Waals surface area contributed by atoms with Crippen LogP contribution in [0.1, 0.15) is 45.0 Å². The first-order valence-corrected chi connectivity index (χ1v) is 10.2. The third-order valence-electron chi connectivity index (χ3n) is 4.55. The molecule has 0 amide bonds. The van der Waals surface area contributed by atoms with Gasteiger partial charge in [-0.05, 0) is 19.1 Å². The molecule has 1 aromatic rings. The first-order chi connectivity index (χ1) is 15.9. The highest BCUT2D eigenvalue weighted by Gasteiger charge is 2.53. The molecule has 1 heterocycles. The Morgan fingerprint density at radius 1 is 0.824 bits per heavy atom. The van der Waals surface area contributed by atoms with Gasteiger partial charge in [-0.1, -0.05) is 0 Å². The van der Waals surface area contributed by atoms with Gasteiger partial charge in [-0.3, -0.25) is 24.0 Å². The highest BCUT2D eigenvalue weighted by Crippen LogP contribution is 2.32. The number of benzene rings is 1. The Morgan fingerprint density at radius 3 is 1.88 bits per heavy atom. The number of ketones is 1. The first kappa shape index (κ1) is 26.6. The molecule has 2 rings (SSSR count). The third-order valence-corrected chi connectivity index (χ3v) is 4.55. The molecule has 0 unspecified atom stereocenters. The predicted molar refractivity (Wildman–Crippen MR) is 111 cm³/mol. The summed E-state index contributed by atoms with van der Waals surface area (Å²) in [5.74, 6) is -3.71. The summed E-state index contributed by atoms with van der Waals surface area (Å²) >= 11 is 0. The summed E-state index contributed by atoms with van der Waals surface area (Å²) in [6.07, 6.45) is -6.77. The summed E-state index contributed by atoms with van der Waals surface area (Å²) in [5, 5.41) is 10.1. The van der Waals surface area contributed by atoms with Crippen LogP contribution in [0, 0.1) is 0 Å². The van der Waals surface area contributed by atoms with Crippen LogP contribution in [0.3, 0.4) is 0 Å². The Balaban J connectivity index is 2.47. The smallest absolute Gasteiger partial charge is 0.303 e. The lowest BCUT2D eigenvalue weighted by molar-refractivity contribution is -0.288. The van der Waals surface area contributed by atoms with Crippen LogP contribution in [0.5, 0.6) is 11.5 Å². The van der Waals surface area contributed by atoms with Gasteiger partial charge in [-0.25, -0.2) is 0 Å². The van der Waals surface area contributed by atoms with Crippen molar-refractivity contribution in [3.63, 3.8) is 0 Å². The molecular weight excluding hydrogens is 456 g/mol. The van der Waals surface area contributed by atoms with E-state index in [0.717, 1.165) is 33.8 Å². The second-order valence-electron chi connectivity index (χ2n) is 7.42. The lowest BCUT2D eigenvalue weighted by Gasteiger charge is -2.43. The topological polar surface area (TPSA) is 161 Å². The van der Waals surface area contributed by atoms with Crippen molar-refractivity contribution in [1.29, 1.82) is 0 Å². The van der Waals surface area contributed by atoms with E-state index in [9.17, 15) is 29.1 Å². The van der Waals surface area contributed by atoms with Gasteiger partial charge in [0.1, 0.15) is 24.2 Å². The lowest BCUT2D eigenvalue weighted by atomic mass is 9.98. The second-order valence-corrected chi connectivity index (χ2v) is 7.42. The number of aromatic hydroxyl groups is 1. The van der Waals surface area contributed by atoms with Gasteiger partial charge in [0.05, 0.1) is 5.56 Å². The molecule has 0 saturated carbocycles. The number of carbonyl (C=O) groups is 5. The Hall–Kier alpha value is -3.67. The van der Waals surface area contributed by atoms with Crippen LogP contribution in [0.25, 0.3) is 0 Å². The summed E-state index contributed by atoms with van der Waals surface area (Å²) in [5.41, 5.74) is 0.0499. The standard InChI is InChI=1S/C22H26O12/c1-10(23)16-7-6-15(8-17(16)28)33-22-21(32-14(5)27)20(31-13(4)26)19(30-12(3)25)18(34-22)9-29-11(2)24/h6-8,18-22,28H,9H2,1-5H3/t18-,19-,20+,21-,22+/m0/s1. The molecule has 1 aliphatic heterocycles. The molecule has 0 bridgehead atoms. The number of Topliss-reactive ketones (excluding diaryl/α,β-unsaturated/α-hetero) is 1. The summed E-state index contributed by atoms with van der Waals surface area (Å²) in [6.45, 7) is 5.32. The van der Waals surface area contributed by atoms with Gasteiger partial charge in [-0.2, -0.15) is 0 Å². The fraction of sp³-hybridized carbons (Fsp3) is 0.500. The van der Waals surface area contributed by atoms with E-state index in [-0.39, 0.29) is 22.8 Å². The number of ether oxygens (including phenoxy) is 6. The van der Waals surface area contributed by atoms with E-state index in [1.165, 1.54) is 19.1 Å². The maximum atomic E-state index is 11.8. The quantitative estimate of drug-likeness (QED) is 0.319. The molecule has 1 N–H and O–H groups in total. The molecule has 1 fully saturated rings. The summed E-state index contributed by atoms with van der Waals surface area (Å²) < 4.78 is 32.4. The average Bonchev–Trinajstić information content (AvgIpc) is 2.69. The van der Waals surface area contributed by atoms with Crippen LogP contribution < -0.4 is 4.74 Å². The van der Waals surface area contributed by atoms with Gasteiger partial charge >= 0.3 is 23.9 Å². The van der Waals surface area contributed by atoms with Crippen molar-refractivity contribution in [1.82, 2.24) is 0 Å². The van der Waals surface area contributed by atoms with Crippen molar-refractivity contribution in [3.8, 4) is 11.5 Å². The van der Waals surface area contributed by atoms with Crippen molar-refractivity contribution < 1.29 is 57.5 Å². The Labute approximate surface area is 195 Å². The lowest BCUT2D eigenvalue weighted by Crippen LogP contribution is -2.63. The molecule has 12 nitrogen and oxygen atoms in total. The van der Waals surface area contributed by atoms with Crippen LogP contribution >= 0.6 is 0 Å². The second kappa shape index (κ2) is 11.5. The SMILES string of the molecule is CC(=O)OC[C@@H]1O[C@@H](Oc2ccc(C(C)=O)c(O)c2)[C@@H](OC(C)=O)[C@H](OC(C)=O)[C@H]1OC(C)=O. The van der Waals surface area contributed by atoms with Crippen molar-refractivity contribution in [2.45, 2.75) is 65.3 Å². The number of hydrogen-bond acceptors (Lipinski definition) is 12. The van der Waals surface area contributed by atoms with E-state index < -0.39 is 61.2 Å². The average molecular weight is 482 g/mol. The predicted octanol–water partition coefficient (Wildman–Crippen LogP) is 1.06. The number of rotatable bonds is 8. The molecule has 0 radical (unpaired) electrons. The summed E-state index contributed by atoms with van der Waals surface area (Å²) in [7, 11) is 0. The monoisotopic (exact) mass is 482 g/mol. The van der Waals surface area contributed by atoms with E-state index in [2.05, 4.69) is 0 Å². The van der Waals surface area contributed by atoms with Crippen molar-refractivity contribution in [3.05, 3.63) is 23.8 Å². The van der Waals surface area contributed by atoms with Gasteiger partial charge in [0, 0.05) is 33.8 Å². The normalized spacial score (nSPS) is 23.9. The van der Waals surface area contributed by atoms with Crippen LogP contribution in [-0.4, -0.2) is 72.1 Å². The Bertz CT molecular complexity index is 955. The van der Waals surface area contributed by atoms with Crippen molar-refractivity contribution in [2.75, 3.05) is 6.61 Å². The summed E-state index contributed by atoms with van der Waals surface area (Å²) in [4.78, 5) is 58.3. The van der Waals surface area contributed by atoms with E-state index in [4.69, 9.17) is 28.4 Å². The molecule has 0 aromatic heterocycles. The minimum absolute atomic E-state index is 0.0170. The van der Waals surface area contributed by atoms with Crippen LogP contribution in [-0.2, 0) is 42.9 Å². The zero-order valence-electron chi connectivity index (χ0n) is 19.3. The molecule has 1 aliphatic rings. The third kappa shape index (κ3) is 7.17. The molecule has 0 spiro atoms. The van der Waals surface area contributed by atoms with Gasteiger partial charge in [0.2, 0.25) is 12.4 Å². The van der Waals surface area contributed by atoms with Crippen LogP contribution in [0.15, 0.2) is 18.2 Å². The summed E-state index contributed by atoms with van der Waals surface area (Å²) in [6, 6.07) is 3.83. The van der Waals surface area contributed by atoms with Gasteiger partial charge < -0.3 is 33.5 Å². The van der Waals surface area contributed by atoms with Gasteiger partial charge in [0.15, 0.2) is 18.0 Å². The molecule has 12 heteroatoms. The molecule has 1 aromatic carbocycles. The first-order valence-electron chi connectivity index (χ1n) is 10.2. The van der Waals surface area contributed by atoms with E-state index in [0.29, 0.717) is 0 Å². The highest BCUT2D eigenvalue weighted by atomic mass is 16.7. The number of esters is 4.